The van der Waals surface area contributed by atoms with E-state index in [1.807, 2.05) is 12.1 Å². The highest BCUT2D eigenvalue weighted by Gasteiger charge is 2.40. The van der Waals surface area contributed by atoms with Crippen molar-refractivity contribution in [2.24, 2.45) is 0 Å². The Hall–Kier alpha value is -2.22. The fourth-order valence-corrected chi connectivity index (χ4v) is 4.95. The van der Waals surface area contributed by atoms with Crippen molar-refractivity contribution < 1.29 is 23.1 Å². The van der Waals surface area contributed by atoms with E-state index in [-0.39, 0.29) is 24.3 Å². The Morgan fingerprint density at radius 1 is 1.14 bits per heavy atom. The summed E-state index contributed by atoms with van der Waals surface area (Å²) < 4.78 is 27.4. The number of halogens is 1. The largest absolute Gasteiger partial charge is 0.481 e. The SMILES string of the molecule is O=CCC(CCNS(=O)(=O)c1ccc(Cl)cc1)(C(=O)O)c1ccc2c(c1)CCC2. The lowest BCUT2D eigenvalue weighted by atomic mass is 9.74. The van der Waals surface area contributed by atoms with Gasteiger partial charge in [0, 0.05) is 18.0 Å². The van der Waals surface area contributed by atoms with E-state index in [9.17, 15) is 23.1 Å². The van der Waals surface area contributed by atoms with Crippen LogP contribution in [0.25, 0.3) is 0 Å². The van der Waals surface area contributed by atoms with Crippen molar-refractivity contribution in [2.45, 2.75) is 42.4 Å². The molecule has 0 amide bonds. The molecule has 0 fully saturated rings. The van der Waals surface area contributed by atoms with Crippen LogP contribution in [-0.4, -0.2) is 32.3 Å². The Balaban J connectivity index is 1.83. The lowest BCUT2D eigenvalue weighted by molar-refractivity contribution is -0.145. The first-order chi connectivity index (χ1) is 13.8. The van der Waals surface area contributed by atoms with Crippen molar-refractivity contribution in [2.75, 3.05) is 6.54 Å². The summed E-state index contributed by atoms with van der Waals surface area (Å²) in [5, 5.41) is 10.4. The molecule has 2 aromatic carbocycles. The molecule has 1 aliphatic carbocycles. The van der Waals surface area contributed by atoms with Crippen LogP contribution >= 0.6 is 11.6 Å². The van der Waals surface area contributed by atoms with Gasteiger partial charge in [0.2, 0.25) is 10.0 Å². The highest BCUT2D eigenvalue weighted by atomic mass is 35.5. The van der Waals surface area contributed by atoms with Gasteiger partial charge in [-0.05, 0) is 66.6 Å². The van der Waals surface area contributed by atoms with Crippen LogP contribution < -0.4 is 4.72 Å². The van der Waals surface area contributed by atoms with Gasteiger partial charge in [0.25, 0.3) is 0 Å². The maximum absolute atomic E-state index is 12.5. The Kier molecular flexibility index (Phi) is 6.41. The third-order valence-corrected chi connectivity index (χ3v) is 7.19. The van der Waals surface area contributed by atoms with Gasteiger partial charge in [-0.1, -0.05) is 29.8 Å². The van der Waals surface area contributed by atoms with Crippen molar-refractivity contribution in [1.82, 2.24) is 4.72 Å². The van der Waals surface area contributed by atoms with E-state index in [1.54, 1.807) is 6.07 Å². The molecule has 2 N–H and O–H groups in total. The Morgan fingerprint density at radius 2 is 1.83 bits per heavy atom. The lowest BCUT2D eigenvalue weighted by Crippen LogP contribution is -2.40. The van der Waals surface area contributed by atoms with Gasteiger partial charge >= 0.3 is 5.97 Å². The minimum absolute atomic E-state index is 0.0377. The van der Waals surface area contributed by atoms with E-state index < -0.39 is 21.4 Å². The normalized spacial score (nSPS) is 15.5. The molecule has 0 bridgehead atoms. The monoisotopic (exact) mass is 435 g/mol. The van der Waals surface area contributed by atoms with Crippen LogP contribution in [0.15, 0.2) is 47.4 Å². The van der Waals surface area contributed by atoms with E-state index in [4.69, 9.17) is 11.6 Å². The second-order valence-electron chi connectivity index (χ2n) is 7.20. The number of carbonyl (C=O) groups excluding carboxylic acids is 1. The summed E-state index contributed by atoms with van der Waals surface area (Å²) >= 11 is 5.79. The smallest absolute Gasteiger partial charge is 0.314 e. The quantitative estimate of drug-likeness (QED) is 0.589. The second kappa shape index (κ2) is 8.65. The molecule has 1 atom stereocenters. The minimum atomic E-state index is -3.82. The molecule has 0 saturated carbocycles. The molecule has 1 unspecified atom stereocenters. The van der Waals surface area contributed by atoms with Gasteiger partial charge in [-0.25, -0.2) is 13.1 Å². The van der Waals surface area contributed by atoms with Crippen LogP contribution in [0.1, 0.15) is 36.0 Å². The molecular formula is C21H22ClNO5S. The van der Waals surface area contributed by atoms with E-state index in [0.717, 1.165) is 24.8 Å². The number of carboxylic acids is 1. The Bertz CT molecular complexity index is 1020. The van der Waals surface area contributed by atoms with E-state index in [0.29, 0.717) is 16.9 Å². The lowest BCUT2D eigenvalue weighted by Gasteiger charge is -2.29. The van der Waals surface area contributed by atoms with Gasteiger partial charge in [0.05, 0.1) is 4.90 Å². The summed E-state index contributed by atoms with van der Waals surface area (Å²) in [5.74, 6) is -1.15. The zero-order chi connectivity index (χ0) is 21.1. The van der Waals surface area contributed by atoms with Gasteiger partial charge in [-0.15, -0.1) is 0 Å². The number of carboxylic acid groups (broad SMARTS) is 1. The second-order valence-corrected chi connectivity index (χ2v) is 9.40. The van der Waals surface area contributed by atoms with Gasteiger partial charge in [-0.2, -0.15) is 0 Å². The number of aryl methyl sites for hydroxylation is 2. The molecule has 0 saturated heterocycles. The predicted octanol–water partition coefficient (Wildman–Crippen LogP) is 3.11. The summed E-state index contributed by atoms with van der Waals surface area (Å²) in [6.45, 7) is -0.123. The number of benzene rings is 2. The fourth-order valence-electron chi connectivity index (χ4n) is 3.79. The third-order valence-electron chi connectivity index (χ3n) is 5.46. The first kappa shape index (κ1) is 21.5. The summed E-state index contributed by atoms with van der Waals surface area (Å²) in [6, 6.07) is 11.2. The van der Waals surface area contributed by atoms with Gasteiger partial charge in [0.1, 0.15) is 11.7 Å². The number of nitrogens with one attached hydrogen (secondary N) is 1. The number of rotatable bonds is 9. The molecular weight excluding hydrogens is 414 g/mol. The van der Waals surface area contributed by atoms with Crippen LogP contribution in [0.5, 0.6) is 0 Å². The number of carbonyl (C=O) groups is 2. The molecule has 6 nitrogen and oxygen atoms in total. The number of aldehydes is 1. The molecule has 154 valence electrons. The van der Waals surface area contributed by atoms with Gasteiger partial charge in [-0.3, -0.25) is 4.79 Å². The standard InChI is InChI=1S/C21H22ClNO5S/c22-18-6-8-19(9-7-18)29(27,28)23-12-10-21(11-13-24,20(25)26)17-5-4-15-2-1-3-16(15)14-17/h4-9,13-14,23H,1-3,10-12H2,(H,25,26). The van der Waals surface area contributed by atoms with Crippen molar-refractivity contribution >= 4 is 33.9 Å². The molecule has 1 aliphatic rings. The molecule has 3 rings (SSSR count). The average Bonchev–Trinajstić information content (AvgIpc) is 3.15. The number of aliphatic carboxylic acids is 1. The van der Waals surface area contributed by atoms with Crippen molar-refractivity contribution in [3.05, 3.63) is 64.2 Å². The van der Waals surface area contributed by atoms with Crippen molar-refractivity contribution in [1.29, 1.82) is 0 Å². The van der Waals surface area contributed by atoms with Crippen molar-refractivity contribution in [3.8, 4) is 0 Å². The molecule has 0 aromatic heterocycles. The highest BCUT2D eigenvalue weighted by Crippen LogP contribution is 2.35. The summed E-state index contributed by atoms with van der Waals surface area (Å²) in [5.41, 5.74) is 1.34. The minimum Gasteiger partial charge on any atom is -0.481 e. The van der Waals surface area contributed by atoms with Crippen LogP contribution in [0.2, 0.25) is 5.02 Å². The van der Waals surface area contributed by atoms with Crippen molar-refractivity contribution in [3.63, 3.8) is 0 Å². The zero-order valence-corrected chi connectivity index (χ0v) is 17.3. The van der Waals surface area contributed by atoms with Gasteiger partial charge in [0.15, 0.2) is 0 Å². The third kappa shape index (κ3) is 4.52. The van der Waals surface area contributed by atoms with Crippen LogP contribution in [0, 0.1) is 0 Å². The van der Waals surface area contributed by atoms with Crippen LogP contribution in [0.4, 0.5) is 0 Å². The van der Waals surface area contributed by atoms with E-state index >= 15 is 0 Å². The van der Waals surface area contributed by atoms with E-state index in [2.05, 4.69) is 4.72 Å². The van der Waals surface area contributed by atoms with Crippen LogP contribution in [-0.2, 0) is 37.9 Å². The molecule has 0 heterocycles. The predicted molar refractivity (Wildman–Crippen MR) is 110 cm³/mol. The molecule has 8 heteroatoms. The number of sulfonamides is 1. The Morgan fingerprint density at radius 3 is 2.48 bits per heavy atom. The maximum atomic E-state index is 12.5. The zero-order valence-electron chi connectivity index (χ0n) is 15.7. The number of fused-ring (bicyclic) bond motifs is 1. The summed E-state index contributed by atoms with van der Waals surface area (Å²) in [7, 11) is -3.82. The first-order valence-corrected chi connectivity index (χ1v) is 11.2. The Labute approximate surface area is 174 Å². The number of hydrogen-bond acceptors (Lipinski definition) is 4. The summed E-state index contributed by atoms with van der Waals surface area (Å²) in [4.78, 5) is 23.6. The fraction of sp³-hybridized carbons (Fsp3) is 0.333. The maximum Gasteiger partial charge on any atom is 0.314 e. The number of hydrogen-bond donors (Lipinski definition) is 2. The highest BCUT2D eigenvalue weighted by molar-refractivity contribution is 7.89. The molecule has 0 spiro atoms. The topological polar surface area (TPSA) is 101 Å². The van der Waals surface area contributed by atoms with Gasteiger partial charge < -0.3 is 9.90 Å². The van der Waals surface area contributed by atoms with E-state index in [1.165, 1.54) is 29.8 Å². The molecule has 29 heavy (non-hydrogen) atoms. The molecule has 0 aliphatic heterocycles. The molecule has 2 aromatic rings. The summed E-state index contributed by atoms with van der Waals surface area (Å²) in [6.07, 6.45) is 3.16. The average molecular weight is 436 g/mol. The molecule has 0 radical (unpaired) electrons. The first-order valence-electron chi connectivity index (χ1n) is 9.33. The van der Waals surface area contributed by atoms with Crippen LogP contribution in [0.3, 0.4) is 0 Å².